The second-order valence-corrected chi connectivity index (χ2v) is 6.27. The molecule has 1 aliphatic rings. The van der Waals surface area contributed by atoms with E-state index in [1.165, 1.54) is 11.0 Å². The van der Waals surface area contributed by atoms with Crippen molar-refractivity contribution in [1.29, 1.82) is 0 Å². The van der Waals surface area contributed by atoms with Crippen LogP contribution in [0, 0.1) is 18.8 Å². The number of thiophene rings is 1. The highest BCUT2D eigenvalue weighted by Gasteiger charge is 2.36. The summed E-state index contributed by atoms with van der Waals surface area (Å²) in [6.07, 6.45) is 3.32. The third-order valence-corrected chi connectivity index (χ3v) is 4.36. The van der Waals surface area contributed by atoms with E-state index in [0.29, 0.717) is 13.1 Å². The highest BCUT2D eigenvalue weighted by molar-refractivity contribution is 7.12. The van der Waals surface area contributed by atoms with Crippen molar-refractivity contribution >= 4 is 29.3 Å². The van der Waals surface area contributed by atoms with Crippen LogP contribution in [0.3, 0.4) is 0 Å². The van der Waals surface area contributed by atoms with E-state index in [9.17, 15) is 9.59 Å². The molecule has 2 rings (SSSR count). The number of carboxylic acid groups (broad SMARTS) is 1. The van der Waals surface area contributed by atoms with Gasteiger partial charge < -0.3 is 10.0 Å². The lowest BCUT2D eigenvalue weighted by atomic mass is 9.99. The topological polar surface area (TPSA) is 57.6 Å². The molecule has 0 aromatic carbocycles. The zero-order valence-corrected chi connectivity index (χ0v) is 11.8. The fourth-order valence-corrected chi connectivity index (χ4v) is 3.05. The Morgan fingerprint density at radius 2 is 2.16 bits per heavy atom. The first-order valence-electron chi connectivity index (χ1n) is 6.23. The molecule has 1 aromatic rings. The molecule has 0 bridgehead atoms. The molecule has 0 saturated carbocycles. The number of carbonyl (C=O) groups is 2. The summed E-state index contributed by atoms with van der Waals surface area (Å²) in [4.78, 5) is 26.8. The van der Waals surface area contributed by atoms with Crippen LogP contribution in [0.4, 0.5) is 0 Å². The highest BCUT2D eigenvalue weighted by Crippen LogP contribution is 2.23. The lowest BCUT2D eigenvalue weighted by molar-refractivity contribution is -0.142. The van der Waals surface area contributed by atoms with E-state index >= 15 is 0 Å². The molecular formula is C14H17NO3S. The summed E-state index contributed by atoms with van der Waals surface area (Å²) >= 11 is 1.63. The lowest BCUT2D eigenvalue weighted by Crippen LogP contribution is -2.28. The summed E-state index contributed by atoms with van der Waals surface area (Å²) in [6.45, 7) is 4.72. The number of hydrogen-bond donors (Lipinski definition) is 1. The fourth-order valence-electron chi connectivity index (χ4n) is 2.27. The van der Waals surface area contributed by atoms with Gasteiger partial charge in [0.1, 0.15) is 0 Å². The normalized spacial score (nSPS) is 23.2. The molecular weight excluding hydrogens is 262 g/mol. The molecule has 2 heterocycles. The molecule has 2 unspecified atom stereocenters. The number of carbonyl (C=O) groups excluding carboxylic acids is 1. The van der Waals surface area contributed by atoms with Crippen LogP contribution in [0.1, 0.15) is 16.7 Å². The van der Waals surface area contributed by atoms with Crippen molar-refractivity contribution in [3.63, 3.8) is 0 Å². The van der Waals surface area contributed by atoms with Crippen LogP contribution in [0.2, 0.25) is 0 Å². The van der Waals surface area contributed by atoms with Crippen LogP contribution >= 0.6 is 11.3 Å². The fraction of sp³-hybridized carbons (Fsp3) is 0.429. The minimum absolute atomic E-state index is 0.0128. The van der Waals surface area contributed by atoms with E-state index in [-0.39, 0.29) is 11.8 Å². The molecule has 5 heteroatoms. The molecule has 102 valence electrons. The first-order valence-corrected chi connectivity index (χ1v) is 7.05. The van der Waals surface area contributed by atoms with Crippen molar-refractivity contribution in [1.82, 2.24) is 4.90 Å². The third kappa shape index (κ3) is 3.23. The number of aliphatic carboxylic acids is 1. The van der Waals surface area contributed by atoms with Gasteiger partial charge in [-0.25, -0.2) is 0 Å². The van der Waals surface area contributed by atoms with Gasteiger partial charge in [-0.1, -0.05) is 6.92 Å². The van der Waals surface area contributed by atoms with Gasteiger partial charge in [-0.2, -0.15) is 0 Å². The summed E-state index contributed by atoms with van der Waals surface area (Å²) in [5.41, 5.74) is 0. The molecule has 1 N–H and O–H groups in total. The van der Waals surface area contributed by atoms with Gasteiger partial charge in [-0.15, -0.1) is 11.3 Å². The van der Waals surface area contributed by atoms with Gasteiger partial charge in [-0.3, -0.25) is 9.59 Å². The Bertz CT molecular complexity index is 521. The molecule has 0 spiro atoms. The first kappa shape index (κ1) is 13.8. The maximum atomic E-state index is 12.0. The van der Waals surface area contributed by atoms with Crippen LogP contribution in [0.15, 0.2) is 18.2 Å². The Labute approximate surface area is 116 Å². The number of carboxylic acids is 1. The Kier molecular flexibility index (Phi) is 4.04. The van der Waals surface area contributed by atoms with E-state index < -0.39 is 11.9 Å². The number of nitrogens with zero attached hydrogens (tertiary/aromatic N) is 1. The predicted molar refractivity (Wildman–Crippen MR) is 75.0 cm³/mol. The van der Waals surface area contributed by atoms with Crippen LogP contribution in [-0.4, -0.2) is 35.0 Å². The minimum atomic E-state index is -0.819. The highest BCUT2D eigenvalue weighted by atomic mass is 32.1. The van der Waals surface area contributed by atoms with E-state index in [1.807, 2.05) is 26.0 Å². The second kappa shape index (κ2) is 5.57. The largest absolute Gasteiger partial charge is 0.481 e. The standard InChI is InChI=1S/C14H17NO3S/c1-9-7-15(8-12(9)14(17)18)13(16)6-5-11-4-3-10(2)19-11/h3-6,9,12H,7-8H2,1-2H3,(H,17,18). The summed E-state index contributed by atoms with van der Waals surface area (Å²) in [7, 11) is 0. The Hall–Kier alpha value is -1.62. The Morgan fingerprint density at radius 3 is 2.68 bits per heavy atom. The van der Waals surface area contributed by atoms with Crippen molar-refractivity contribution in [3.8, 4) is 0 Å². The van der Waals surface area contributed by atoms with E-state index in [0.717, 1.165) is 4.88 Å². The number of likely N-dealkylation sites (tertiary alicyclic amines) is 1. The maximum absolute atomic E-state index is 12.0. The molecule has 19 heavy (non-hydrogen) atoms. The van der Waals surface area contributed by atoms with Gasteiger partial charge in [0.25, 0.3) is 0 Å². The van der Waals surface area contributed by atoms with Gasteiger partial charge >= 0.3 is 5.97 Å². The molecule has 1 fully saturated rings. The monoisotopic (exact) mass is 279 g/mol. The molecule has 1 aliphatic heterocycles. The molecule has 1 aromatic heterocycles. The summed E-state index contributed by atoms with van der Waals surface area (Å²) in [5.74, 6) is -1.36. The SMILES string of the molecule is Cc1ccc(C=CC(=O)N2CC(C)C(C(=O)O)C2)s1. The molecule has 0 aliphatic carbocycles. The van der Waals surface area contributed by atoms with Crippen molar-refractivity contribution in [2.24, 2.45) is 11.8 Å². The summed E-state index contributed by atoms with van der Waals surface area (Å²) < 4.78 is 0. The van der Waals surface area contributed by atoms with Crippen molar-refractivity contribution in [2.45, 2.75) is 13.8 Å². The molecule has 0 radical (unpaired) electrons. The zero-order chi connectivity index (χ0) is 14.0. The third-order valence-electron chi connectivity index (χ3n) is 3.39. The average Bonchev–Trinajstić information content (AvgIpc) is 2.92. The molecule has 1 saturated heterocycles. The van der Waals surface area contributed by atoms with Crippen LogP contribution < -0.4 is 0 Å². The van der Waals surface area contributed by atoms with Gasteiger partial charge in [0.15, 0.2) is 0 Å². The van der Waals surface area contributed by atoms with Crippen LogP contribution in [-0.2, 0) is 9.59 Å². The van der Waals surface area contributed by atoms with Crippen LogP contribution in [0.5, 0.6) is 0 Å². The average molecular weight is 279 g/mol. The number of amides is 1. The number of rotatable bonds is 3. The summed E-state index contributed by atoms with van der Waals surface area (Å²) in [6, 6.07) is 3.98. The number of hydrogen-bond acceptors (Lipinski definition) is 3. The van der Waals surface area contributed by atoms with E-state index in [2.05, 4.69) is 0 Å². The minimum Gasteiger partial charge on any atom is -0.481 e. The van der Waals surface area contributed by atoms with E-state index in [4.69, 9.17) is 5.11 Å². The van der Waals surface area contributed by atoms with Gasteiger partial charge in [0.05, 0.1) is 5.92 Å². The maximum Gasteiger partial charge on any atom is 0.308 e. The second-order valence-electron chi connectivity index (χ2n) is 4.95. The predicted octanol–water partition coefficient (Wildman–Crippen LogP) is 2.25. The quantitative estimate of drug-likeness (QED) is 0.863. The van der Waals surface area contributed by atoms with Crippen molar-refractivity contribution < 1.29 is 14.7 Å². The van der Waals surface area contributed by atoms with Gasteiger partial charge in [0.2, 0.25) is 5.91 Å². The van der Waals surface area contributed by atoms with Crippen molar-refractivity contribution in [2.75, 3.05) is 13.1 Å². The summed E-state index contributed by atoms with van der Waals surface area (Å²) in [5, 5.41) is 9.04. The van der Waals surface area contributed by atoms with Crippen molar-refractivity contribution in [3.05, 3.63) is 28.0 Å². The zero-order valence-electron chi connectivity index (χ0n) is 11.0. The van der Waals surface area contributed by atoms with Gasteiger partial charge in [-0.05, 0) is 31.1 Å². The smallest absolute Gasteiger partial charge is 0.308 e. The molecule has 2 atom stereocenters. The van der Waals surface area contributed by atoms with Crippen LogP contribution in [0.25, 0.3) is 6.08 Å². The van der Waals surface area contributed by atoms with Gasteiger partial charge in [0, 0.05) is 28.9 Å². The Balaban J connectivity index is 1.98. The molecule has 1 amide bonds. The Morgan fingerprint density at radius 1 is 1.42 bits per heavy atom. The molecule has 4 nitrogen and oxygen atoms in total. The lowest BCUT2D eigenvalue weighted by Gasteiger charge is -2.12. The number of aryl methyl sites for hydroxylation is 1. The first-order chi connectivity index (χ1) is 8.97. The van der Waals surface area contributed by atoms with E-state index in [1.54, 1.807) is 22.3 Å².